The van der Waals surface area contributed by atoms with Gasteiger partial charge in [-0.15, -0.1) is 6.58 Å². The summed E-state index contributed by atoms with van der Waals surface area (Å²) in [5.74, 6) is 0. The predicted molar refractivity (Wildman–Crippen MR) is 75.4 cm³/mol. The minimum Gasteiger partial charge on any atom is -0.288 e. The summed E-state index contributed by atoms with van der Waals surface area (Å²) in [6, 6.07) is 0. The standard InChI is InChI=1S/C13H23IO/c1-2-3-4-5-6-7-8-9-10-11-12-13(14)15/h2H,1,3-12H2. The number of hydrogen-bond donors (Lipinski definition) is 0. The number of allylic oxidation sites excluding steroid dienone is 1. The molecule has 15 heavy (non-hydrogen) atoms. The Labute approximate surface area is 108 Å². The summed E-state index contributed by atoms with van der Waals surface area (Å²) in [7, 11) is 0. The first kappa shape index (κ1) is 15.1. The smallest absolute Gasteiger partial charge is 0.192 e. The second-order valence-corrected chi connectivity index (χ2v) is 5.21. The fourth-order valence-corrected chi connectivity index (χ4v) is 1.99. The van der Waals surface area contributed by atoms with Gasteiger partial charge in [0, 0.05) is 6.42 Å². The summed E-state index contributed by atoms with van der Waals surface area (Å²) in [4.78, 5) is 10.7. The zero-order valence-electron chi connectivity index (χ0n) is 9.64. The summed E-state index contributed by atoms with van der Waals surface area (Å²) in [6.45, 7) is 3.71. The van der Waals surface area contributed by atoms with Gasteiger partial charge in [0.25, 0.3) is 0 Å². The largest absolute Gasteiger partial charge is 0.288 e. The molecule has 0 aromatic rings. The lowest BCUT2D eigenvalue weighted by molar-refractivity contribution is -0.109. The van der Waals surface area contributed by atoms with Crippen LogP contribution < -0.4 is 0 Å². The maximum Gasteiger partial charge on any atom is 0.192 e. The molecule has 0 unspecified atom stereocenters. The quantitative estimate of drug-likeness (QED) is 0.225. The van der Waals surface area contributed by atoms with E-state index in [9.17, 15) is 4.79 Å². The van der Waals surface area contributed by atoms with Crippen LogP contribution in [-0.2, 0) is 4.79 Å². The van der Waals surface area contributed by atoms with Crippen molar-refractivity contribution in [3.63, 3.8) is 0 Å². The van der Waals surface area contributed by atoms with Crippen LogP contribution in [0.1, 0.15) is 64.2 Å². The maximum atomic E-state index is 10.7. The fraction of sp³-hybridized carbons (Fsp3) is 0.769. The molecule has 0 radical (unpaired) electrons. The van der Waals surface area contributed by atoms with Crippen molar-refractivity contribution >= 4 is 26.4 Å². The first-order valence-corrected chi connectivity index (χ1v) is 7.14. The molecule has 0 N–H and O–H groups in total. The van der Waals surface area contributed by atoms with Crippen LogP contribution in [-0.4, -0.2) is 3.79 Å². The summed E-state index contributed by atoms with van der Waals surface area (Å²) in [5, 5.41) is 0. The minimum absolute atomic E-state index is 0.303. The number of carbonyl (C=O) groups excluding carboxylic acids is 1. The van der Waals surface area contributed by atoms with Gasteiger partial charge < -0.3 is 0 Å². The van der Waals surface area contributed by atoms with Gasteiger partial charge in [0.15, 0.2) is 3.79 Å². The van der Waals surface area contributed by atoms with E-state index < -0.39 is 0 Å². The maximum absolute atomic E-state index is 10.7. The first-order valence-electron chi connectivity index (χ1n) is 6.06. The second-order valence-electron chi connectivity index (χ2n) is 4.01. The molecular weight excluding hydrogens is 299 g/mol. The molecule has 0 saturated carbocycles. The summed E-state index contributed by atoms with van der Waals surface area (Å²) >= 11 is 1.88. The average Bonchev–Trinajstić information content (AvgIpc) is 2.20. The van der Waals surface area contributed by atoms with Crippen molar-refractivity contribution in [3.05, 3.63) is 12.7 Å². The topological polar surface area (TPSA) is 17.1 Å². The van der Waals surface area contributed by atoms with Crippen LogP contribution in [0.3, 0.4) is 0 Å². The predicted octanol–water partition coefficient (Wildman–Crippen LogP) is 5.04. The highest BCUT2D eigenvalue weighted by Gasteiger charge is 1.95. The fourth-order valence-electron chi connectivity index (χ4n) is 1.61. The van der Waals surface area contributed by atoms with Crippen molar-refractivity contribution in [3.8, 4) is 0 Å². The molecule has 2 heteroatoms. The minimum atomic E-state index is 0.303. The van der Waals surface area contributed by atoms with Crippen molar-refractivity contribution in [2.24, 2.45) is 0 Å². The molecule has 0 aliphatic rings. The SMILES string of the molecule is C=CCCCCCCCCCCC(=O)I. The normalized spacial score (nSPS) is 10.2. The van der Waals surface area contributed by atoms with E-state index in [0.717, 1.165) is 19.3 Å². The van der Waals surface area contributed by atoms with Crippen molar-refractivity contribution in [1.82, 2.24) is 0 Å². The Hall–Kier alpha value is 0.140. The van der Waals surface area contributed by atoms with E-state index in [1.165, 1.54) is 44.9 Å². The Balaban J connectivity index is 2.92. The van der Waals surface area contributed by atoms with E-state index in [0.29, 0.717) is 3.79 Å². The molecule has 0 bridgehead atoms. The van der Waals surface area contributed by atoms with Crippen LogP contribution in [0.25, 0.3) is 0 Å². The Morgan fingerprint density at radius 1 is 0.933 bits per heavy atom. The van der Waals surface area contributed by atoms with Crippen molar-refractivity contribution in [2.75, 3.05) is 0 Å². The Morgan fingerprint density at radius 3 is 1.87 bits per heavy atom. The molecule has 0 rings (SSSR count). The van der Waals surface area contributed by atoms with E-state index in [2.05, 4.69) is 6.58 Å². The zero-order chi connectivity index (χ0) is 11.4. The number of halogens is 1. The van der Waals surface area contributed by atoms with E-state index in [-0.39, 0.29) is 0 Å². The molecule has 1 nitrogen and oxygen atoms in total. The van der Waals surface area contributed by atoms with Gasteiger partial charge in [0.2, 0.25) is 0 Å². The van der Waals surface area contributed by atoms with E-state index in [1.54, 1.807) is 0 Å². The highest BCUT2D eigenvalue weighted by atomic mass is 127. The van der Waals surface area contributed by atoms with Crippen LogP contribution in [0.2, 0.25) is 0 Å². The van der Waals surface area contributed by atoms with Crippen LogP contribution in [0.5, 0.6) is 0 Å². The number of unbranched alkanes of at least 4 members (excludes halogenated alkanes) is 8. The van der Waals surface area contributed by atoms with Crippen LogP contribution >= 0.6 is 22.6 Å². The zero-order valence-corrected chi connectivity index (χ0v) is 11.8. The summed E-state index contributed by atoms with van der Waals surface area (Å²) < 4.78 is 0.303. The molecule has 0 aromatic heterocycles. The molecule has 0 spiro atoms. The van der Waals surface area contributed by atoms with E-state index >= 15 is 0 Å². The van der Waals surface area contributed by atoms with Crippen LogP contribution in [0.4, 0.5) is 0 Å². The lowest BCUT2D eigenvalue weighted by atomic mass is 10.1. The van der Waals surface area contributed by atoms with Crippen molar-refractivity contribution in [1.29, 1.82) is 0 Å². The third-order valence-electron chi connectivity index (χ3n) is 2.53. The van der Waals surface area contributed by atoms with Gasteiger partial charge in [-0.3, -0.25) is 4.79 Å². The highest BCUT2D eigenvalue weighted by Crippen LogP contribution is 2.11. The summed E-state index contributed by atoms with van der Waals surface area (Å²) in [5.41, 5.74) is 0. The summed E-state index contributed by atoms with van der Waals surface area (Å²) in [6.07, 6.45) is 14.2. The molecule has 0 aromatic carbocycles. The average molecular weight is 322 g/mol. The molecule has 0 amide bonds. The van der Waals surface area contributed by atoms with Crippen molar-refractivity contribution < 1.29 is 4.79 Å². The van der Waals surface area contributed by atoms with Gasteiger partial charge in [-0.05, 0) is 41.9 Å². The third-order valence-corrected chi connectivity index (χ3v) is 3.07. The second kappa shape index (κ2) is 12.2. The van der Waals surface area contributed by atoms with Gasteiger partial charge in [-0.25, -0.2) is 0 Å². The lowest BCUT2D eigenvalue weighted by Crippen LogP contribution is -1.85. The Kier molecular flexibility index (Phi) is 12.3. The van der Waals surface area contributed by atoms with Gasteiger partial charge in [0.05, 0.1) is 0 Å². The van der Waals surface area contributed by atoms with E-state index in [1.807, 2.05) is 28.7 Å². The van der Waals surface area contributed by atoms with Crippen LogP contribution in [0.15, 0.2) is 12.7 Å². The molecule has 0 aliphatic heterocycles. The molecule has 0 aliphatic carbocycles. The molecule has 0 heterocycles. The van der Waals surface area contributed by atoms with Gasteiger partial charge >= 0.3 is 0 Å². The first-order chi connectivity index (χ1) is 7.27. The van der Waals surface area contributed by atoms with Gasteiger partial charge in [-0.1, -0.05) is 44.6 Å². The molecule has 0 fully saturated rings. The number of rotatable bonds is 11. The lowest BCUT2D eigenvalue weighted by Gasteiger charge is -2.00. The Bertz CT molecular complexity index is 166. The van der Waals surface area contributed by atoms with Crippen molar-refractivity contribution in [2.45, 2.75) is 64.2 Å². The monoisotopic (exact) mass is 322 g/mol. The Morgan fingerprint density at radius 2 is 1.40 bits per heavy atom. The van der Waals surface area contributed by atoms with Gasteiger partial charge in [0.1, 0.15) is 0 Å². The highest BCUT2D eigenvalue weighted by molar-refractivity contribution is 14.1. The van der Waals surface area contributed by atoms with E-state index in [4.69, 9.17) is 0 Å². The molecule has 0 saturated heterocycles. The third kappa shape index (κ3) is 14.1. The number of hydrogen-bond acceptors (Lipinski definition) is 1. The molecular formula is C13H23IO. The number of carbonyl (C=O) groups is 1. The van der Waals surface area contributed by atoms with Crippen LogP contribution in [0, 0.1) is 0 Å². The molecule has 0 atom stereocenters. The molecule has 88 valence electrons. The van der Waals surface area contributed by atoms with Gasteiger partial charge in [-0.2, -0.15) is 0 Å².